The van der Waals surface area contributed by atoms with Gasteiger partial charge in [0.25, 0.3) is 0 Å². The van der Waals surface area contributed by atoms with E-state index >= 15 is 0 Å². The van der Waals surface area contributed by atoms with E-state index in [2.05, 4.69) is 10.2 Å². The lowest BCUT2D eigenvalue weighted by atomic mass is 9.97. The highest BCUT2D eigenvalue weighted by Gasteiger charge is 2.24. The van der Waals surface area contributed by atoms with Gasteiger partial charge in [-0.2, -0.15) is 0 Å². The van der Waals surface area contributed by atoms with Crippen LogP contribution in [0.1, 0.15) is 19.3 Å². The molecule has 0 spiro atoms. The number of thioether (sulfide) groups is 1. The predicted octanol–water partition coefficient (Wildman–Crippen LogP) is 1.93. The van der Waals surface area contributed by atoms with Crippen molar-refractivity contribution < 1.29 is 9.59 Å². The highest BCUT2D eigenvalue weighted by atomic mass is 32.2. The minimum atomic E-state index is -0.233. The number of carbonyl (C=O) groups is 2. The first kappa shape index (κ1) is 16.8. The number of nitrogens with two attached hydrogens (primary N) is 1. The van der Waals surface area contributed by atoms with Crippen LogP contribution in [0.2, 0.25) is 0 Å². The van der Waals surface area contributed by atoms with Crippen molar-refractivity contribution in [3.63, 3.8) is 0 Å². The highest BCUT2D eigenvalue weighted by Crippen LogP contribution is 2.24. The normalized spacial score (nSPS) is 18.9. The second-order valence-electron chi connectivity index (χ2n) is 5.54. The zero-order valence-electron chi connectivity index (χ0n) is 12.9. The number of primary amides is 1. The zero-order valence-corrected chi connectivity index (χ0v) is 13.7. The molecule has 3 N–H and O–H groups in total. The Balaban J connectivity index is 1.81. The van der Waals surface area contributed by atoms with Crippen LogP contribution in [0.15, 0.2) is 29.2 Å². The number of para-hydroxylation sites is 1. The van der Waals surface area contributed by atoms with E-state index in [4.69, 9.17) is 5.73 Å². The van der Waals surface area contributed by atoms with Gasteiger partial charge >= 0.3 is 0 Å². The van der Waals surface area contributed by atoms with E-state index in [1.807, 2.05) is 30.5 Å². The maximum Gasteiger partial charge on any atom is 0.225 e. The largest absolute Gasteiger partial charge is 0.369 e. The fourth-order valence-electron chi connectivity index (χ4n) is 2.71. The third-order valence-corrected chi connectivity index (χ3v) is 4.74. The SMILES string of the molecule is CSc1ccccc1NC(=O)CCN1CCC[C@H](C(N)=O)C1. The predicted molar refractivity (Wildman–Crippen MR) is 89.8 cm³/mol. The van der Waals surface area contributed by atoms with Crippen molar-refractivity contribution in [3.8, 4) is 0 Å². The minimum Gasteiger partial charge on any atom is -0.369 e. The maximum absolute atomic E-state index is 12.1. The Morgan fingerprint density at radius 3 is 2.91 bits per heavy atom. The van der Waals surface area contributed by atoms with E-state index in [-0.39, 0.29) is 17.7 Å². The summed E-state index contributed by atoms with van der Waals surface area (Å²) in [6.45, 7) is 2.26. The Hall–Kier alpha value is -1.53. The van der Waals surface area contributed by atoms with E-state index in [1.165, 1.54) is 0 Å². The molecule has 0 aliphatic carbocycles. The maximum atomic E-state index is 12.1. The van der Waals surface area contributed by atoms with Crippen LogP contribution >= 0.6 is 11.8 Å². The second kappa shape index (κ2) is 8.19. The summed E-state index contributed by atoms with van der Waals surface area (Å²) in [5, 5.41) is 2.96. The van der Waals surface area contributed by atoms with Crippen molar-refractivity contribution in [2.24, 2.45) is 11.7 Å². The first-order valence-corrected chi connectivity index (χ1v) is 8.77. The Morgan fingerprint density at radius 2 is 2.18 bits per heavy atom. The molecule has 1 aromatic carbocycles. The number of piperidine rings is 1. The molecule has 1 fully saturated rings. The summed E-state index contributed by atoms with van der Waals surface area (Å²) in [7, 11) is 0. The van der Waals surface area contributed by atoms with Gasteiger partial charge in [0.2, 0.25) is 11.8 Å². The monoisotopic (exact) mass is 321 g/mol. The summed E-state index contributed by atoms with van der Waals surface area (Å²) >= 11 is 1.61. The number of likely N-dealkylation sites (tertiary alicyclic amines) is 1. The summed E-state index contributed by atoms with van der Waals surface area (Å²) in [6, 6.07) is 7.77. The van der Waals surface area contributed by atoms with Crippen LogP contribution in [0.4, 0.5) is 5.69 Å². The second-order valence-corrected chi connectivity index (χ2v) is 6.39. The number of rotatable bonds is 6. The molecule has 1 aliphatic rings. The minimum absolute atomic E-state index is 0.00250. The van der Waals surface area contributed by atoms with Crippen molar-refractivity contribution in [3.05, 3.63) is 24.3 Å². The fraction of sp³-hybridized carbons (Fsp3) is 0.500. The zero-order chi connectivity index (χ0) is 15.9. The molecule has 1 aromatic rings. The number of hydrogen-bond acceptors (Lipinski definition) is 4. The number of carbonyl (C=O) groups excluding carboxylic acids is 2. The molecular formula is C16H23N3O2S. The van der Waals surface area contributed by atoms with Crippen molar-refractivity contribution in [2.45, 2.75) is 24.2 Å². The molecule has 2 rings (SSSR count). The summed E-state index contributed by atoms with van der Waals surface area (Å²) in [5.41, 5.74) is 6.23. The van der Waals surface area contributed by atoms with Crippen LogP contribution in [0.25, 0.3) is 0 Å². The number of nitrogens with zero attached hydrogens (tertiary/aromatic N) is 1. The molecule has 0 aromatic heterocycles. The summed E-state index contributed by atoms with van der Waals surface area (Å²) in [6.07, 6.45) is 4.24. The molecule has 120 valence electrons. The van der Waals surface area contributed by atoms with Gasteiger partial charge in [0.15, 0.2) is 0 Å². The summed E-state index contributed by atoms with van der Waals surface area (Å²) < 4.78 is 0. The Morgan fingerprint density at radius 1 is 1.41 bits per heavy atom. The molecular weight excluding hydrogens is 298 g/mol. The first-order valence-electron chi connectivity index (χ1n) is 7.54. The van der Waals surface area contributed by atoms with Gasteiger partial charge in [-0.3, -0.25) is 9.59 Å². The molecule has 22 heavy (non-hydrogen) atoms. The van der Waals surface area contributed by atoms with Crippen LogP contribution in [0, 0.1) is 5.92 Å². The molecule has 6 heteroatoms. The van der Waals surface area contributed by atoms with Gasteiger partial charge in [0.1, 0.15) is 0 Å². The van der Waals surface area contributed by atoms with Gasteiger partial charge in [-0.1, -0.05) is 12.1 Å². The standard InChI is InChI=1S/C16H23N3O2S/c1-22-14-7-3-2-6-13(14)18-15(20)8-10-19-9-4-5-12(11-19)16(17)21/h2-3,6-7,12H,4-5,8-11H2,1H3,(H2,17,21)(H,18,20)/t12-/m0/s1. The Bertz CT molecular complexity index is 536. The number of amides is 2. The lowest BCUT2D eigenvalue weighted by molar-refractivity contribution is -0.123. The Labute approximate surface area is 135 Å². The summed E-state index contributed by atoms with van der Waals surface area (Å²) in [4.78, 5) is 26.6. The van der Waals surface area contributed by atoms with Gasteiger partial charge < -0.3 is 16.0 Å². The van der Waals surface area contributed by atoms with Gasteiger partial charge in [0, 0.05) is 24.4 Å². The van der Waals surface area contributed by atoms with E-state index in [9.17, 15) is 9.59 Å². The van der Waals surface area contributed by atoms with Gasteiger partial charge in [-0.15, -0.1) is 11.8 Å². The highest BCUT2D eigenvalue weighted by molar-refractivity contribution is 7.98. The van der Waals surface area contributed by atoms with Crippen molar-refractivity contribution in [2.75, 3.05) is 31.2 Å². The molecule has 0 radical (unpaired) electrons. The van der Waals surface area contributed by atoms with Crippen LogP contribution < -0.4 is 11.1 Å². The number of anilines is 1. The van der Waals surface area contributed by atoms with E-state index in [1.54, 1.807) is 11.8 Å². The molecule has 1 atom stereocenters. The Kier molecular flexibility index (Phi) is 6.27. The topological polar surface area (TPSA) is 75.4 Å². The number of benzene rings is 1. The van der Waals surface area contributed by atoms with Gasteiger partial charge in [-0.05, 0) is 37.8 Å². The van der Waals surface area contributed by atoms with Crippen LogP contribution in [0.3, 0.4) is 0 Å². The van der Waals surface area contributed by atoms with Crippen molar-refractivity contribution in [1.29, 1.82) is 0 Å². The number of nitrogens with one attached hydrogen (secondary N) is 1. The molecule has 5 nitrogen and oxygen atoms in total. The lowest BCUT2D eigenvalue weighted by Crippen LogP contribution is -2.42. The van der Waals surface area contributed by atoms with Crippen molar-refractivity contribution >= 4 is 29.3 Å². The first-order chi connectivity index (χ1) is 10.6. The molecule has 1 saturated heterocycles. The molecule has 2 amide bonds. The average molecular weight is 321 g/mol. The van der Waals surface area contributed by atoms with E-state index in [0.717, 1.165) is 30.0 Å². The smallest absolute Gasteiger partial charge is 0.225 e. The van der Waals surface area contributed by atoms with Gasteiger partial charge in [-0.25, -0.2) is 0 Å². The van der Waals surface area contributed by atoms with Gasteiger partial charge in [0.05, 0.1) is 11.6 Å². The molecule has 0 saturated carbocycles. The molecule has 1 aliphatic heterocycles. The molecule has 0 unspecified atom stereocenters. The average Bonchev–Trinajstić information content (AvgIpc) is 2.53. The lowest BCUT2D eigenvalue weighted by Gasteiger charge is -2.30. The van der Waals surface area contributed by atoms with Crippen LogP contribution in [0.5, 0.6) is 0 Å². The molecule has 1 heterocycles. The van der Waals surface area contributed by atoms with E-state index < -0.39 is 0 Å². The number of hydrogen-bond donors (Lipinski definition) is 2. The van der Waals surface area contributed by atoms with Crippen molar-refractivity contribution in [1.82, 2.24) is 4.90 Å². The van der Waals surface area contributed by atoms with E-state index in [0.29, 0.717) is 19.5 Å². The quantitative estimate of drug-likeness (QED) is 0.785. The third kappa shape index (κ3) is 4.74. The fourth-order valence-corrected chi connectivity index (χ4v) is 3.26. The van der Waals surface area contributed by atoms with Crippen LogP contribution in [-0.2, 0) is 9.59 Å². The third-order valence-electron chi connectivity index (χ3n) is 3.94. The molecule has 0 bridgehead atoms. The van der Waals surface area contributed by atoms with Crippen LogP contribution in [-0.4, -0.2) is 42.6 Å². The summed E-state index contributed by atoms with van der Waals surface area (Å²) in [5.74, 6) is -0.306.